The molecule has 1 saturated heterocycles. The zero-order valence-electron chi connectivity index (χ0n) is 16.4. The molecule has 0 radical (unpaired) electrons. The zero-order chi connectivity index (χ0) is 20.6. The van der Waals surface area contributed by atoms with Gasteiger partial charge in [-0.25, -0.2) is 0 Å². The minimum Gasteiger partial charge on any atom is -0.396 e. The van der Waals surface area contributed by atoms with Crippen LogP contribution >= 0.6 is 0 Å². The molecule has 1 unspecified atom stereocenters. The van der Waals surface area contributed by atoms with Gasteiger partial charge >= 0.3 is 0 Å². The number of hydrogen-bond donors (Lipinski definition) is 2. The van der Waals surface area contributed by atoms with Crippen molar-refractivity contribution >= 4 is 17.3 Å². The number of anilines is 1. The van der Waals surface area contributed by atoms with Crippen molar-refractivity contribution in [3.8, 4) is 0 Å². The summed E-state index contributed by atoms with van der Waals surface area (Å²) in [5.74, 6) is -0.128. The second-order valence-electron chi connectivity index (χ2n) is 7.49. The molecule has 154 valence electrons. The molecule has 2 aromatic rings. The number of piperidine rings is 1. The minimum absolute atomic E-state index is 0.00118. The van der Waals surface area contributed by atoms with E-state index in [0.29, 0.717) is 44.6 Å². The first-order valence-electron chi connectivity index (χ1n) is 9.99. The Morgan fingerprint density at radius 2 is 1.79 bits per heavy atom. The Morgan fingerprint density at radius 3 is 2.45 bits per heavy atom. The molecule has 1 heterocycles. The number of hydrogen-bond acceptors (Lipinski definition) is 5. The minimum atomic E-state index is -0.365. The second-order valence-corrected chi connectivity index (χ2v) is 7.49. The number of nitro benzene ring substituents is 1. The monoisotopic (exact) mass is 397 g/mol. The number of aliphatic hydroxyl groups excluding tert-OH is 1. The van der Waals surface area contributed by atoms with Gasteiger partial charge in [0.15, 0.2) is 0 Å². The van der Waals surface area contributed by atoms with Crippen LogP contribution in [0.1, 0.15) is 18.4 Å². The van der Waals surface area contributed by atoms with Crippen molar-refractivity contribution in [1.29, 1.82) is 0 Å². The van der Waals surface area contributed by atoms with Gasteiger partial charge in [-0.05, 0) is 30.9 Å². The highest BCUT2D eigenvalue weighted by Gasteiger charge is 2.28. The van der Waals surface area contributed by atoms with Gasteiger partial charge in [-0.3, -0.25) is 14.9 Å². The van der Waals surface area contributed by atoms with Crippen LogP contribution in [0, 0.1) is 22.0 Å². The maximum Gasteiger partial charge on any atom is 0.292 e. The number of nitro groups is 1. The normalized spacial score (nSPS) is 15.7. The molecule has 0 saturated carbocycles. The Morgan fingerprint density at radius 1 is 1.14 bits per heavy atom. The molecular formula is C22H27N3O4. The largest absolute Gasteiger partial charge is 0.396 e. The van der Waals surface area contributed by atoms with Crippen molar-refractivity contribution in [1.82, 2.24) is 5.32 Å². The van der Waals surface area contributed by atoms with E-state index in [1.165, 1.54) is 6.07 Å². The topological polar surface area (TPSA) is 95.7 Å². The van der Waals surface area contributed by atoms with Gasteiger partial charge in [0.2, 0.25) is 5.91 Å². The molecule has 0 aliphatic carbocycles. The molecular weight excluding hydrogens is 370 g/mol. The van der Waals surface area contributed by atoms with Crippen LogP contribution in [0.3, 0.4) is 0 Å². The van der Waals surface area contributed by atoms with Crippen LogP contribution < -0.4 is 10.2 Å². The van der Waals surface area contributed by atoms with Crippen LogP contribution in [0.4, 0.5) is 11.4 Å². The number of nitrogens with zero attached hydrogens (tertiary/aromatic N) is 2. The van der Waals surface area contributed by atoms with Crippen LogP contribution in [0.15, 0.2) is 54.6 Å². The number of benzene rings is 2. The predicted molar refractivity (Wildman–Crippen MR) is 112 cm³/mol. The van der Waals surface area contributed by atoms with Crippen LogP contribution in [0.5, 0.6) is 0 Å². The summed E-state index contributed by atoms with van der Waals surface area (Å²) in [6, 6.07) is 16.6. The first-order valence-corrected chi connectivity index (χ1v) is 9.99. The van der Waals surface area contributed by atoms with Gasteiger partial charge in [0.1, 0.15) is 5.69 Å². The third kappa shape index (κ3) is 5.54. The summed E-state index contributed by atoms with van der Waals surface area (Å²) in [5.41, 5.74) is 1.85. The zero-order valence-corrected chi connectivity index (χ0v) is 16.4. The van der Waals surface area contributed by atoms with Gasteiger partial charge in [-0.2, -0.15) is 0 Å². The predicted octanol–water partition coefficient (Wildman–Crippen LogP) is 2.78. The lowest BCUT2D eigenvalue weighted by atomic mass is 9.94. The van der Waals surface area contributed by atoms with E-state index in [2.05, 4.69) is 5.32 Å². The molecule has 0 spiro atoms. The van der Waals surface area contributed by atoms with Crippen molar-refractivity contribution in [2.75, 3.05) is 31.1 Å². The number of para-hydroxylation sites is 2. The molecule has 0 bridgehead atoms. The van der Waals surface area contributed by atoms with Crippen LogP contribution in [0.2, 0.25) is 0 Å². The van der Waals surface area contributed by atoms with E-state index in [1.54, 1.807) is 18.2 Å². The Balaban J connectivity index is 1.49. The maximum atomic E-state index is 12.6. The highest BCUT2D eigenvalue weighted by Crippen LogP contribution is 2.31. The van der Waals surface area contributed by atoms with Gasteiger partial charge in [-0.1, -0.05) is 42.5 Å². The van der Waals surface area contributed by atoms with Crippen molar-refractivity contribution in [2.24, 2.45) is 11.8 Å². The average molecular weight is 397 g/mol. The van der Waals surface area contributed by atoms with Crippen molar-refractivity contribution in [2.45, 2.75) is 19.3 Å². The van der Waals surface area contributed by atoms with E-state index in [4.69, 9.17) is 0 Å². The fourth-order valence-corrected chi connectivity index (χ4v) is 3.81. The van der Waals surface area contributed by atoms with Gasteiger partial charge < -0.3 is 15.3 Å². The summed E-state index contributed by atoms with van der Waals surface area (Å²) in [6.07, 6.45) is 2.02. The van der Waals surface area contributed by atoms with Crippen LogP contribution in [-0.4, -0.2) is 42.2 Å². The van der Waals surface area contributed by atoms with E-state index in [1.807, 2.05) is 35.2 Å². The SMILES string of the molecule is O=C(NCC(CO)Cc1ccccc1)C1CCN(c2ccccc2[N+](=O)[O-])CC1. The molecule has 7 heteroatoms. The third-order valence-electron chi connectivity index (χ3n) is 5.48. The fraction of sp³-hybridized carbons (Fsp3) is 0.409. The Kier molecular flexibility index (Phi) is 7.19. The highest BCUT2D eigenvalue weighted by atomic mass is 16.6. The summed E-state index contributed by atoms with van der Waals surface area (Å²) in [6.45, 7) is 1.67. The van der Waals surface area contributed by atoms with Crippen molar-refractivity contribution < 1.29 is 14.8 Å². The summed E-state index contributed by atoms with van der Waals surface area (Å²) in [4.78, 5) is 25.4. The lowest BCUT2D eigenvalue weighted by Crippen LogP contribution is -2.42. The van der Waals surface area contributed by atoms with Crippen molar-refractivity contribution in [3.05, 3.63) is 70.3 Å². The number of carbonyl (C=O) groups excluding carboxylic acids is 1. The average Bonchev–Trinajstić information content (AvgIpc) is 2.77. The lowest BCUT2D eigenvalue weighted by molar-refractivity contribution is -0.384. The molecule has 1 amide bonds. The summed E-state index contributed by atoms with van der Waals surface area (Å²) < 4.78 is 0. The smallest absolute Gasteiger partial charge is 0.292 e. The van der Waals surface area contributed by atoms with E-state index in [9.17, 15) is 20.0 Å². The quantitative estimate of drug-likeness (QED) is 0.527. The molecule has 1 aliphatic heterocycles. The fourth-order valence-electron chi connectivity index (χ4n) is 3.81. The second kappa shape index (κ2) is 10.0. The number of amides is 1. The Hall–Kier alpha value is -2.93. The molecule has 29 heavy (non-hydrogen) atoms. The molecule has 2 N–H and O–H groups in total. The van der Waals surface area contributed by atoms with E-state index in [0.717, 1.165) is 5.56 Å². The number of nitrogens with one attached hydrogen (secondary N) is 1. The molecule has 2 aromatic carbocycles. The van der Waals surface area contributed by atoms with E-state index < -0.39 is 0 Å². The number of rotatable bonds is 8. The van der Waals surface area contributed by atoms with Crippen LogP contribution in [-0.2, 0) is 11.2 Å². The molecule has 0 aromatic heterocycles. The Labute approximate surface area is 170 Å². The first kappa shape index (κ1) is 20.8. The lowest BCUT2D eigenvalue weighted by Gasteiger charge is -2.32. The summed E-state index contributed by atoms with van der Waals surface area (Å²) in [7, 11) is 0. The highest BCUT2D eigenvalue weighted by molar-refractivity contribution is 5.79. The number of aliphatic hydroxyl groups is 1. The summed E-state index contributed by atoms with van der Waals surface area (Å²) in [5, 5.41) is 23.9. The van der Waals surface area contributed by atoms with Gasteiger partial charge in [0, 0.05) is 44.1 Å². The van der Waals surface area contributed by atoms with E-state index >= 15 is 0 Å². The Bertz CT molecular complexity index is 820. The molecule has 1 aliphatic rings. The summed E-state index contributed by atoms with van der Waals surface area (Å²) >= 11 is 0. The molecule has 3 rings (SSSR count). The number of carbonyl (C=O) groups is 1. The van der Waals surface area contributed by atoms with Crippen molar-refractivity contribution in [3.63, 3.8) is 0 Å². The van der Waals surface area contributed by atoms with Gasteiger partial charge in [0.05, 0.1) is 4.92 Å². The maximum absolute atomic E-state index is 12.6. The molecule has 1 atom stereocenters. The first-order chi connectivity index (χ1) is 14.1. The molecule has 1 fully saturated rings. The third-order valence-corrected chi connectivity index (χ3v) is 5.48. The van der Waals surface area contributed by atoms with Gasteiger partial charge in [-0.15, -0.1) is 0 Å². The standard InChI is InChI=1S/C22H27N3O4/c26-16-18(14-17-6-2-1-3-7-17)15-23-22(27)19-10-12-24(13-11-19)20-8-4-5-9-21(20)25(28)29/h1-9,18-19,26H,10-16H2,(H,23,27). The van der Waals surface area contributed by atoms with Gasteiger partial charge in [0.25, 0.3) is 5.69 Å². The molecule has 7 nitrogen and oxygen atoms in total. The van der Waals surface area contributed by atoms with E-state index in [-0.39, 0.29) is 35.0 Å². The van der Waals surface area contributed by atoms with Crippen LogP contribution in [0.25, 0.3) is 0 Å².